The molecule has 0 unspecified atom stereocenters. The fourth-order valence-corrected chi connectivity index (χ4v) is 2.75. The molecule has 0 saturated carbocycles. The SMILES string of the molecule is CCOc1c(Cl)cc(C(=O)Nc2ccc(-n3cnnn3)cc2)cc1Cl. The van der Waals surface area contributed by atoms with Crippen molar-refractivity contribution in [3.05, 3.63) is 58.3 Å². The summed E-state index contributed by atoms with van der Waals surface area (Å²) < 4.78 is 6.87. The number of amides is 1. The molecule has 9 heteroatoms. The predicted molar refractivity (Wildman–Crippen MR) is 94.7 cm³/mol. The van der Waals surface area contributed by atoms with Gasteiger partial charge >= 0.3 is 0 Å². The Morgan fingerprint density at radius 2 is 1.88 bits per heavy atom. The number of nitrogens with one attached hydrogen (secondary N) is 1. The van der Waals surface area contributed by atoms with Gasteiger partial charge in [0.15, 0.2) is 5.75 Å². The van der Waals surface area contributed by atoms with Crippen LogP contribution in [0.1, 0.15) is 17.3 Å². The van der Waals surface area contributed by atoms with Crippen LogP contribution in [0, 0.1) is 0 Å². The summed E-state index contributed by atoms with van der Waals surface area (Å²) >= 11 is 12.3. The number of hydrogen-bond acceptors (Lipinski definition) is 5. The molecule has 0 bridgehead atoms. The standard InChI is InChI=1S/C16H13Cl2N5O2/c1-2-25-15-13(17)7-10(8-14(15)18)16(24)20-11-3-5-12(6-4-11)23-9-19-21-22-23/h3-9H,2H2,1H3,(H,20,24). The molecule has 7 nitrogen and oxygen atoms in total. The summed E-state index contributed by atoms with van der Waals surface area (Å²) in [4.78, 5) is 12.4. The maximum Gasteiger partial charge on any atom is 0.255 e. The van der Waals surface area contributed by atoms with Crippen molar-refractivity contribution >= 4 is 34.8 Å². The number of aromatic nitrogens is 4. The highest BCUT2D eigenvalue weighted by atomic mass is 35.5. The van der Waals surface area contributed by atoms with Crippen molar-refractivity contribution in [2.24, 2.45) is 0 Å². The Kier molecular flexibility index (Phi) is 5.16. The van der Waals surface area contributed by atoms with Gasteiger partial charge in [-0.2, -0.15) is 0 Å². The van der Waals surface area contributed by atoms with Crippen LogP contribution in [-0.4, -0.2) is 32.7 Å². The van der Waals surface area contributed by atoms with Gasteiger partial charge < -0.3 is 10.1 Å². The number of halogens is 2. The van der Waals surface area contributed by atoms with Crippen molar-refractivity contribution in [3.63, 3.8) is 0 Å². The quantitative estimate of drug-likeness (QED) is 0.733. The van der Waals surface area contributed by atoms with Crippen LogP contribution in [0.4, 0.5) is 5.69 Å². The second kappa shape index (κ2) is 7.50. The number of nitrogens with zero attached hydrogens (tertiary/aromatic N) is 4. The van der Waals surface area contributed by atoms with Gasteiger partial charge in [0.05, 0.1) is 22.3 Å². The molecule has 0 fully saturated rings. The Bertz CT molecular complexity index is 859. The number of carbonyl (C=O) groups is 1. The van der Waals surface area contributed by atoms with Gasteiger partial charge in [-0.25, -0.2) is 4.68 Å². The van der Waals surface area contributed by atoms with Gasteiger partial charge in [0, 0.05) is 11.3 Å². The normalized spacial score (nSPS) is 10.5. The third-order valence-corrected chi connectivity index (χ3v) is 3.85. The van der Waals surface area contributed by atoms with Crippen LogP contribution in [0.25, 0.3) is 5.69 Å². The topological polar surface area (TPSA) is 81.9 Å². The first kappa shape index (κ1) is 17.2. The summed E-state index contributed by atoms with van der Waals surface area (Å²) in [5, 5.41) is 14.3. The zero-order chi connectivity index (χ0) is 17.8. The number of carbonyl (C=O) groups excluding carboxylic acids is 1. The van der Waals surface area contributed by atoms with E-state index in [2.05, 4.69) is 20.8 Å². The highest BCUT2D eigenvalue weighted by molar-refractivity contribution is 6.37. The lowest BCUT2D eigenvalue weighted by Crippen LogP contribution is -2.12. The van der Waals surface area contributed by atoms with Gasteiger partial charge in [0.2, 0.25) is 0 Å². The summed E-state index contributed by atoms with van der Waals surface area (Å²) in [6.07, 6.45) is 1.48. The van der Waals surface area contributed by atoms with E-state index in [0.29, 0.717) is 23.6 Å². The Labute approximate surface area is 153 Å². The maximum atomic E-state index is 12.4. The van der Waals surface area contributed by atoms with Crippen molar-refractivity contribution in [1.82, 2.24) is 20.2 Å². The van der Waals surface area contributed by atoms with Crippen LogP contribution >= 0.6 is 23.2 Å². The maximum absolute atomic E-state index is 12.4. The van der Waals surface area contributed by atoms with Crippen LogP contribution in [0.2, 0.25) is 10.0 Å². The molecule has 0 saturated heterocycles. The third-order valence-electron chi connectivity index (χ3n) is 3.29. The zero-order valence-corrected chi connectivity index (χ0v) is 14.6. The first-order valence-corrected chi connectivity index (χ1v) is 8.10. The second-order valence-electron chi connectivity index (χ2n) is 4.96. The average Bonchev–Trinajstić information content (AvgIpc) is 3.13. The molecule has 0 aliphatic heterocycles. The fourth-order valence-electron chi connectivity index (χ4n) is 2.15. The van der Waals surface area contributed by atoms with E-state index in [1.165, 1.54) is 23.1 Å². The lowest BCUT2D eigenvalue weighted by atomic mass is 10.2. The first-order chi connectivity index (χ1) is 12.1. The zero-order valence-electron chi connectivity index (χ0n) is 13.1. The number of anilines is 1. The van der Waals surface area contributed by atoms with Crippen molar-refractivity contribution in [1.29, 1.82) is 0 Å². The van der Waals surface area contributed by atoms with E-state index in [1.807, 2.05) is 6.92 Å². The number of ether oxygens (including phenoxy) is 1. The Morgan fingerprint density at radius 3 is 2.44 bits per heavy atom. The van der Waals surface area contributed by atoms with E-state index >= 15 is 0 Å². The molecule has 25 heavy (non-hydrogen) atoms. The molecule has 0 atom stereocenters. The number of benzene rings is 2. The van der Waals surface area contributed by atoms with Crippen LogP contribution in [0.3, 0.4) is 0 Å². The Morgan fingerprint density at radius 1 is 1.20 bits per heavy atom. The van der Waals surface area contributed by atoms with Crippen LogP contribution < -0.4 is 10.1 Å². The number of tetrazole rings is 1. The van der Waals surface area contributed by atoms with E-state index in [4.69, 9.17) is 27.9 Å². The molecular formula is C16H13Cl2N5O2. The molecule has 128 valence electrons. The predicted octanol–water partition coefficient (Wildman–Crippen LogP) is 3.62. The van der Waals surface area contributed by atoms with Gasteiger partial charge in [-0.1, -0.05) is 23.2 Å². The minimum Gasteiger partial charge on any atom is -0.491 e. The molecule has 1 N–H and O–H groups in total. The lowest BCUT2D eigenvalue weighted by molar-refractivity contribution is 0.102. The largest absolute Gasteiger partial charge is 0.491 e. The summed E-state index contributed by atoms with van der Waals surface area (Å²) in [7, 11) is 0. The summed E-state index contributed by atoms with van der Waals surface area (Å²) in [5.41, 5.74) is 1.72. The van der Waals surface area contributed by atoms with Crippen molar-refractivity contribution in [3.8, 4) is 11.4 Å². The van der Waals surface area contributed by atoms with Crippen molar-refractivity contribution in [2.45, 2.75) is 6.92 Å². The van der Waals surface area contributed by atoms with E-state index in [9.17, 15) is 4.79 Å². The van der Waals surface area contributed by atoms with Crippen LogP contribution in [0.15, 0.2) is 42.7 Å². The molecule has 1 aromatic heterocycles. The highest BCUT2D eigenvalue weighted by Crippen LogP contribution is 2.34. The molecular weight excluding hydrogens is 365 g/mol. The monoisotopic (exact) mass is 377 g/mol. The second-order valence-corrected chi connectivity index (χ2v) is 5.77. The highest BCUT2D eigenvalue weighted by Gasteiger charge is 2.14. The van der Waals surface area contributed by atoms with E-state index in [-0.39, 0.29) is 16.0 Å². The van der Waals surface area contributed by atoms with Gasteiger partial charge in [-0.05, 0) is 53.7 Å². The Hall–Kier alpha value is -2.64. The van der Waals surface area contributed by atoms with Gasteiger partial charge in [0.25, 0.3) is 5.91 Å². The molecule has 0 spiro atoms. The minimum atomic E-state index is -0.331. The Balaban J connectivity index is 1.76. The molecule has 0 radical (unpaired) electrons. The smallest absolute Gasteiger partial charge is 0.255 e. The van der Waals surface area contributed by atoms with Crippen LogP contribution in [-0.2, 0) is 0 Å². The van der Waals surface area contributed by atoms with Crippen molar-refractivity contribution in [2.75, 3.05) is 11.9 Å². The van der Waals surface area contributed by atoms with Crippen LogP contribution in [0.5, 0.6) is 5.75 Å². The molecule has 0 aliphatic carbocycles. The minimum absolute atomic E-state index is 0.286. The molecule has 3 aromatic rings. The van der Waals surface area contributed by atoms with E-state index < -0.39 is 0 Å². The third kappa shape index (κ3) is 3.89. The molecule has 1 heterocycles. The summed E-state index contributed by atoms with van der Waals surface area (Å²) in [6, 6.07) is 10.1. The summed E-state index contributed by atoms with van der Waals surface area (Å²) in [5.74, 6) is 0.0372. The van der Waals surface area contributed by atoms with Gasteiger partial charge in [-0.15, -0.1) is 5.10 Å². The average molecular weight is 378 g/mol. The van der Waals surface area contributed by atoms with E-state index in [0.717, 1.165) is 5.69 Å². The number of rotatable bonds is 5. The lowest BCUT2D eigenvalue weighted by Gasteiger charge is -2.11. The van der Waals surface area contributed by atoms with Crippen molar-refractivity contribution < 1.29 is 9.53 Å². The first-order valence-electron chi connectivity index (χ1n) is 7.35. The molecule has 2 aromatic carbocycles. The fraction of sp³-hybridized carbons (Fsp3) is 0.125. The van der Waals surface area contributed by atoms with Gasteiger partial charge in [0.1, 0.15) is 6.33 Å². The molecule has 0 aliphatic rings. The number of hydrogen-bond donors (Lipinski definition) is 1. The molecule has 1 amide bonds. The van der Waals surface area contributed by atoms with Gasteiger partial charge in [-0.3, -0.25) is 4.79 Å². The summed E-state index contributed by atoms with van der Waals surface area (Å²) in [6.45, 7) is 2.25. The molecule has 3 rings (SSSR count). The van der Waals surface area contributed by atoms with E-state index in [1.54, 1.807) is 24.3 Å².